The maximum absolute atomic E-state index is 13.6. The van der Waals surface area contributed by atoms with Crippen molar-refractivity contribution < 1.29 is 9.53 Å². The van der Waals surface area contributed by atoms with E-state index in [1.165, 1.54) is 12.8 Å². The summed E-state index contributed by atoms with van der Waals surface area (Å²) < 4.78 is 5.92. The third kappa shape index (κ3) is 7.06. The molecule has 2 amide bonds. The zero-order valence-electron chi connectivity index (χ0n) is 20.8. The van der Waals surface area contributed by atoms with Crippen molar-refractivity contribution in [2.24, 2.45) is 0 Å². The number of anilines is 1. The molecule has 0 aliphatic carbocycles. The van der Waals surface area contributed by atoms with Gasteiger partial charge in [0.15, 0.2) is 0 Å². The molecule has 1 aliphatic heterocycles. The standard InChI is InChI=1S/C29H36N4O2/c1-3-8-23(2)32-19-15-26(16-20-32)33(22-24-9-5-4-6-10-24)29(34)31-25-11-7-12-28(21-25)35-27-13-17-30-18-14-27/h4-7,9-14,17-18,21,23,26H,3,8,15-16,19-20,22H2,1-2H3,(H,31,34). The summed E-state index contributed by atoms with van der Waals surface area (Å²) in [6.45, 7) is 7.21. The molecule has 1 saturated heterocycles. The lowest BCUT2D eigenvalue weighted by atomic mass is 10.00. The van der Waals surface area contributed by atoms with Crippen molar-refractivity contribution >= 4 is 11.7 Å². The minimum absolute atomic E-state index is 0.0741. The highest BCUT2D eigenvalue weighted by Gasteiger charge is 2.29. The van der Waals surface area contributed by atoms with Gasteiger partial charge >= 0.3 is 6.03 Å². The van der Waals surface area contributed by atoms with Gasteiger partial charge in [0.1, 0.15) is 11.5 Å². The number of amides is 2. The highest BCUT2D eigenvalue weighted by atomic mass is 16.5. The van der Waals surface area contributed by atoms with Crippen LogP contribution in [0, 0.1) is 0 Å². The Morgan fingerprint density at radius 2 is 1.80 bits per heavy atom. The molecular formula is C29H36N4O2. The van der Waals surface area contributed by atoms with Gasteiger partial charge in [-0.3, -0.25) is 4.98 Å². The summed E-state index contributed by atoms with van der Waals surface area (Å²) in [5, 5.41) is 3.12. The van der Waals surface area contributed by atoms with Gasteiger partial charge in [-0.05, 0) is 56.0 Å². The first-order valence-electron chi connectivity index (χ1n) is 12.7. The fourth-order valence-electron chi connectivity index (χ4n) is 4.76. The molecule has 1 aromatic heterocycles. The Morgan fingerprint density at radius 3 is 2.51 bits per heavy atom. The van der Waals surface area contributed by atoms with Crippen molar-refractivity contribution in [2.45, 2.75) is 58.2 Å². The minimum atomic E-state index is -0.0741. The molecule has 1 fully saturated rings. The van der Waals surface area contributed by atoms with Crippen LogP contribution in [0.25, 0.3) is 0 Å². The number of hydrogen-bond donors (Lipinski definition) is 1. The van der Waals surface area contributed by atoms with Crippen molar-refractivity contribution in [3.05, 3.63) is 84.7 Å². The number of nitrogens with one attached hydrogen (secondary N) is 1. The minimum Gasteiger partial charge on any atom is -0.457 e. The highest BCUT2D eigenvalue weighted by molar-refractivity contribution is 5.89. The van der Waals surface area contributed by atoms with Gasteiger partial charge in [-0.25, -0.2) is 4.79 Å². The maximum Gasteiger partial charge on any atom is 0.322 e. The smallest absolute Gasteiger partial charge is 0.322 e. The van der Waals surface area contributed by atoms with Gasteiger partial charge in [-0.2, -0.15) is 0 Å². The summed E-state index contributed by atoms with van der Waals surface area (Å²) in [5.74, 6) is 1.38. The second-order valence-corrected chi connectivity index (χ2v) is 9.26. The second kappa shape index (κ2) is 12.4. The molecule has 3 aromatic rings. The predicted octanol–water partition coefficient (Wildman–Crippen LogP) is 6.56. The lowest BCUT2D eigenvalue weighted by Crippen LogP contribution is -2.50. The number of carbonyl (C=O) groups excluding carboxylic acids is 1. The lowest BCUT2D eigenvalue weighted by molar-refractivity contribution is 0.0989. The first kappa shape index (κ1) is 24.7. The van der Waals surface area contributed by atoms with Crippen molar-refractivity contribution in [3.63, 3.8) is 0 Å². The molecule has 184 valence electrons. The molecule has 1 atom stereocenters. The Morgan fingerprint density at radius 1 is 1.06 bits per heavy atom. The topological polar surface area (TPSA) is 57.7 Å². The molecule has 2 heterocycles. The number of piperidine rings is 1. The zero-order chi connectivity index (χ0) is 24.5. The lowest BCUT2D eigenvalue weighted by Gasteiger charge is -2.40. The van der Waals surface area contributed by atoms with E-state index in [2.05, 4.69) is 41.2 Å². The molecule has 2 aromatic carbocycles. The number of pyridine rings is 1. The van der Waals surface area contributed by atoms with E-state index in [0.29, 0.717) is 29.8 Å². The van der Waals surface area contributed by atoms with E-state index >= 15 is 0 Å². The van der Waals surface area contributed by atoms with Crippen LogP contribution in [0.15, 0.2) is 79.1 Å². The van der Waals surface area contributed by atoms with Gasteiger partial charge in [-0.1, -0.05) is 49.7 Å². The maximum atomic E-state index is 13.6. The Balaban J connectivity index is 1.45. The monoisotopic (exact) mass is 472 g/mol. The average Bonchev–Trinajstić information content (AvgIpc) is 2.89. The van der Waals surface area contributed by atoms with Crippen molar-refractivity contribution in [2.75, 3.05) is 18.4 Å². The molecule has 0 spiro atoms. The number of hydrogen-bond acceptors (Lipinski definition) is 4. The summed E-state index contributed by atoms with van der Waals surface area (Å²) in [4.78, 5) is 22.2. The van der Waals surface area contributed by atoms with Crippen molar-refractivity contribution in [1.82, 2.24) is 14.8 Å². The summed E-state index contributed by atoms with van der Waals surface area (Å²) in [6.07, 6.45) is 7.77. The fraction of sp³-hybridized carbons (Fsp3) is 0.379. The van der Waals surface area contributed by atoms with Gasteiger partial charge in [0.2, 0.25) is 0 Å². The molecule has 0 radical (unpaired) electrons. The second-order valence-electron chi connectivity index (χ2n) is 9.26. The number of carbonyl (C=O) groups is 1. The first-order valence-corrected chi connectivity index (χ1v) is 12.7. The predicted molar refractivity (Wildman–Crippen MR) is 141 cm³/mol. The summed E-state index contributed by atoms with van der Waals surface area (Å²) >= 11 is 0. The fourth-order valence-corrected chi connectivity index (χ4v) is 4.76. The van der Waals surface area contributed by atoms with Gasteiger partial charge < -0.3 is 19.9 Å². The number of ether oxygens (including phenoxy) is 1. The van der Waals surface area contributed by atoms with E-state index in [4.69, 9.17) is 4.74 Å². The van der Waals surface area contributed by atoms with Crippen LogP contribution in [0.3, 0.4) is 0 Å². The van der Waals surface area contributed by atoms with Crippen LogP contribution < -0.4 is 10.1 Å². The van der Waals surface area contributed by atoms with Crippen LogP contribution in [0.2, 0.25) is 0 Å². The Labute approximate surface area is 208 Å². The summed E-state index contributed by atoms with van der Waals surface area (Å²) in [6, 6.07) is 22.1. The molecular weight excluding hydrogens is 436 g/mol. The van der Waals surface area contributed by atoms with E-state index in [-0.39, 0.29) is 12.1 Å². The molecule has 0 bridgehead atoms. The summed E-state index contributed by atoms with van der Waals surface area (Å²) in [5.41, 5.74) is 1.85. The SMILES string of the molecule is CCCC(C)N1CCC(N(Cc2ccccc2)C(=O)Nc2cccc(Oc3ccncc3)c2)CC1. The van der Waals surface area contributed by atoms with E-state index in [0.717, 1.165) is 31.5 Å². The van der Waals surface area contributed by atoms with Crippen molar-refractivity contribution in [3.8, 4) is 11.5 Å². The van der Waals surface area contributed by atoms with E-state index < -0.39 is 0 Å². The molecule has 4 rings (SSSR count). The normalized spacial score (nSPS) is 15.4. The van der Waals surface area contributed by atoms with Crippen LogP contribution >= 0.6 is 0 Å². The number of nitrogens with zero attached hydrogens (tertiary/aromatic N) is 3. The van der Waals surface area contributed by atoms with Gasteiger partial charge in [0.25, 0.3) is 0 Å². The van der Waals surface area contributed by atoms with Gasteiger partial charge in [0.05, 0.1) is 0 Å². The molecule has 6 heteroatoms. The van der Waals surface area contributed by atoms with E-state index in [9.17, 15) is 4.79 Å². The highest BCUT2D eigenvalue weighted by Crippen LogP contribution is 2.26. The molecule has 1 aliphatic rings. The van der Waals surface area contributed by atoms with Gasteiger partial charge in [-0.15, -0.1) is 0 Å². The van der Waals surface area contributed by atoms with Crippen LogP contribution in [-0.4, -0.2) is 46.0 Å². The van der Waals surface area contributed by atoms with Crippen LogP contribution in [0.1, 0.15) is 45.1 Å². The summed E-state index contributed by atoms with van der Waals surface area (Å²) in [7, 11) is 0. The van der Waals surface area contributed by atoms with Crippen LogP contribution in [0.4, 0.5) is 10.5 Å². The average molecular weight is 473 g/mol. The molecule has 1 unspecified atom stereocenters. The number of rotatable bonds is 9. The van der Waals surface area contributed by atoms with Gasteiger partial charge in [0, 0.05) is 55.9 Å². The number of aromatic nitrogens is 1. The van der Waals surface area contributed by atoms with E-state index in [1.54, 1.807) is 24.5 Å². The Bertz CT molecular complexity index is 1050. The Kier molecular flexibility index (Phi) is 8.74. The van der Waals surface area contributed by atoms with Crippen molar-refractivity contribution in [1.29, 1.82) is 0 Å². The quantitative estimate of drug-likeness (QED) is 0.383. The first-order chi connectivity index (χ1) is 17.1. The number of urea groups is 1. The van der Waals surface area contributed by atoms with Crippen LogP contribution in [0.5, 0.6) is 11.5 Å². The molecule has 6 nitrogen and oxygen atoms in total. The molecule has 1 N–H and O–H groups in total. The molecule has 35 heavy (non-hydrogen) atoms. The third-order valence-corrected chi connectivity index (χ3v) is 6.70. The zero-order valence-corrected chi connectivity index (χ0v) is 20.8. The van der Waals surface area contributed by atoms with E-state index in [1.807, 2.05) is 47.4 Å². The largest absolute Gasteiger partial charge is 0.457 e. The number of likely N-dealkylation sites (tertiary alicyclic amines) is 1. The molecule has 0 saturated carbocycles. The van der Waals surface area contributed by atoms with Crippen LogP contribution in [-0.2, 0) is 6.54 Å². The third-order valence-electron chi connectivity index (χ3n) is 6.70. The Hall–Kier alpha value is -3.38. The number of benzene rings is 2.